The van der Waals surface area contributed by atoms with Gasteiger partial charge >= 0.3 is 0 Å². The fourth-order valence-corrected chi connectivity index (χ4v) is 2.78. The number of nitrogens with two attached hydrogens (primary N) is 1. The summed E-state index contributed by atoms with van der Waals surface area (Å²) in [4.78, 5) is 1.94. The summed E-state index contributed by atoms with van der Waals surface area (Å²) in [6, 6.07) is 5.70. The molecule has 1 saturated heterocycles. The summed E-state index contributed by atoms with van der Waals surface area (Å²) in [5, 5.41) is 9.00. The molecule has 3 nitrogen and oxygen atoms in total. The van der Waals surface area contributed by atoms with Crippen LogP contribution in [-0.2, 0) is 0 Å². The lowest BCUT2D eigenvalue weighted by molar-refractivity contribution is 0.839. The molecule has 1 unspecified atom stereocenters. The molecule has 1 aliphatic rings. The van der Waals surface area contributed by atoms with Crippen molar-refractivity contribution >= 4 is 39.9 Å². The van der Waals surface area contributed by atoms with E-state index >= 15 is 0 Å². The monoisotopic (exact) mass is 241 g/mol. The normalized spacial score (nSPS) is 21.1. The van der Waals surface area contributed by atoms with Crippen LogP contribution in [0, 0.1) is 5.41 Å². The second-order valence-electron chi connectivity index (χ2n) is 3.54. The maximum absolute atomic E-state index is 7.82. The number of nitrogens with one attached hydrogen (secondary N) is 1. The summed E-state index contributed by atoms with van der Waals surface area (Å²) >= 11 is 7.38. The van der Waals surface area contributed by atoms with Gasteiger partial charge in [-0.05, 0) is 25.1 Å². The number of hydrogen-bond acceptors (Lipinski definition) is 3. The smallest absolute Gasteiger partial charge is 0.161 e. The van der Waals surface area contributed by atoms with Crippen molar-refractivity contribution in [2.24, 2.45) is 0 Å². The van der Waals surface area contributed by atoms with Crippen LogP contribution >= 0.6 is 23.4 Å². The third-order valence-corrected chi connectivity index (χ3v) is 3.72. The summed E-state index contributed by atoms with van der Waals surface area (Å²) in [5.41, 5.74) is 7.40. The third kappa shape index (κ3) is 1.92. The molecule has 1 aromatic rings. The number of halogens is 1. The molecule has 15 heavy (non-hydrogen) atoms. The Kier molecular flexibility index (Phi) is 2.80. The highest BCUT2D eigenvalue weighted by atomic mass is 35.5. The molecule has 1 aromatic carbocycles. The van der Waals surface area contributed by atoms with Crippen molar-refractivity contribution in [2.45, 2.75) is 13.0 Å². The molecule has 0 saturated carbocycles. The van der Waals surface area contributed by atoms with Gasteiger partial charge in [0.1, 0.15) is 0 Å². The highest BCUT2D eigenvalue weighted by Crippen LogP contribution is 2.34. The zero-order valence-corrected chi connectivity index (χ0v) is 9.90. The van der Waals surface area contributed by atoms with Crippen LogP contribution in [0.2, 0.25) is 5.02 Å². The Morgan fingerprint density at radius 1 is 1.60 bits per heavy atom. The minimum Gasteiger partial charge on any atom is -0.397 e. The minimum atomic E-state index is 0.311. The fourth-order valence-electron chi connectivity index (χ4n) is 1.64. The largest absolute Gasteiger partial charge is 0.397 e. The molecule has 3 N–H and O–H groups in total. The molecular weight excluding hydrogens is 230 g/mol. The second kappa shape index (κ2) is 3.94. The molecule has 0 aliphatic carbocycles. The zero-order chi connectivity index (χ0) is 11.0. The van der Waals surface area contributed by atoms with Crippen molar-refractivity contribution in [3.05, 3.63) is 23.2 Å². The van der Waals surface area contributed by atoms with E-state index in [1.807, 2.05) is 11.0 Å². The Hall–Kier alpha value is -0.870. The number of benzene rings is 1. The van der Waals surface area contributed by atoms with Gasteiger partial charge in [-0.15, -0.1) is 0 Å². The van der Waals surface area contributed by atoms with Crippen LogP contribution in [0.5, 0.6) is 0 Å². The number of anilines is 2. The summed E-state index contributed by atoms with van der Waals surface area (Å²) < 4.78 is 0. The second-order valence-corrected chi connectivity index (χ2v) is 4.98. The predicted molar refractivity (Wildman–Crippen MR) is 68.0 cm³/mol. The maximum Gasteiger partial charge on any atom is 0.161 e. The van der Waals surface area contributed by atoms with Crippen molar-refractivity contribution in [1.82, 2.24) is 0 Å². The van der Waals surface area contributed by atoms with Gasteiger partial charge in [-0.1, -0.05) is 23.4 Å². The Labute approximate surface area is 98.1 Å². The fraction of sp³-hybridized carbons (Fsp3) is 0.300. The van der Waals surface area contributed by atoms with Gasteiger partial charge in [0.25, 0.3) is 0 Å². The van der Waals surface area contributed by atoms with E-state index in [1.165, 1.54) is 0 Å². The first-order valence-electron chi connectivity index (χ1n) is 4.65. The number of nitrogens with zero attached hydrogens (tertiary/aromatic N) is 1. The molecule has 80 valence electrons. The van der Waals surface area contributed by atoms with Crippen LogP contribution in [0.25, 0.3) is 0 Å². The Morgan fingerprint density at radius 2 is 2.33 bits per heavy atom. The van der Waals surface area contributed by atoms with Crippen molar-refractivity contribution in [3.8, 4) is 0 Å². The van der Waals surface area contributed by atoms with Crippen LogP contribution in [0.4, 0.5) is 11.4 Å². The molecule has 0 spiro atoms. The van der Waals surface area contributed by atoms with Crippen LogP contribution < -0.4 is 10.6 Å². The highest BCUT2D eigenvalue weighted by molar-refractivity contribution is 8.14. The summed E-state index contributed by atoms with van der Waals surface area (Å²) in [5.74, 6) is 0.931. The van der Waals surface area contributed by atoms with Gasteiger partial charge in [0.05, 0.1) is 11.4 Å². The molecule has 0 amide bonds. The molecule has 0 aromatic heterocycles. The molecule has 1 aliphatic heterocycles. The van der Waals surface area contributed by atoms with Gasteiger partial charge in [-0.25, -0.2) is 0 Å². The first-order chi connectivity index (χ1) is 7.09. The van der Waals surface area contributed by atoms with E-state index in [-0.39, 0.29) is 0 Å². The Morgan fingerprint density at radius 3 is 2.87 bits per heavy atom. The summed E-state index contributed by atoms with van der Waals surface area (Å²) in [6.07, 6.45) is 0. The number of nitrogen functional groups attached to an aromatic ring is 1. The highest BCUT2D eigenvalue weighted by Gasteiger charge is 2.27. The van der Waals surface area contributed by atoms with Crippen molar-refractivity contribution < 1.29 is 0 Å². The van der Waals surface area contributed by atoms with Crippen molar-refractivity contribution in [3.63, 3.8) is 0 Å². The quantitative estimate of drug-likeness (QED) is 0.744. The molecule has 1 fully saturated rings. The predicted octanol–water partition coefficient (Wildman–Crippen LogP) is 2.80. The lowest BCUT2D eigenvalue weighted by Gasteiger charge is -2.23. The lowest BCUT2D eigenvalue weighted by atomic mass is 10.2. The van der Waals surface area contributed by atoms with Crippen molar-refractivity contribution in [1.29, 1.82) is 5.41 Å². The van der Waals surface area contributed by atoms with Gasteiger partial charge in [0.15, 0.2) is 5.17 Å². The molecule has 5 heteroatoms. The van der Waals surface area contributed by atoms with E-state index in [0.29, 0.717) is 21.9 Å². The SMILES string of the molecule is CC1CSC(=N)N1c1ccc(Cl)cc1N. The van der Waals surface area contributed by atoms with E-state index in [0.717, 1.165) is 11.4 Å². The van der Waals surface area contributed by atoms with Crippen LogP contribution in [0.1, 0.15) is 6.92 Å². The van der Waals surface area contributed by atoms with E-state index in [2.05, 4.69) is 6.92 Å². The topological polar surface area (TPSA) is 53.1 Å². The first kappa shape index (κ1) is 10.6. The number of rotatable bonds is 1. The maximum atomic E-state index is 7.82. The van der Waals surface area contributed by atoms with E-state index in [9.17, 15) is 0 Å². The van der Waals surface area contributed by atoms with Gasteiger partial charge in [-0.2, -0.15) is 0 Å². The average Bonchev–Trinajstić information content (AvgIpc) is 2.48. The van der Waals surface area contributed by atoms with Crippen LogP contribution in [0.3, 0.4) is 0 Å². The van der Waals surface area contributed by atoms with Gasteiger partial charge in [0, 0.05) is 16.8 Å². The Bertz CT molecular complexity index is 408. The summed E-state index contributed by atoms with van der Waals surface area (Å²) in [7, 11) is 0. The minimum absolute atomic E-state index is 0.311. The Balaban J connectivity index is 2.40. The van der Waals surface area contributed by atoms with E-state index in [1.54, 1.807) is 23.9 Å². The molecular formula is C10H12ClN3S. The number of amidine groups is 1. The average molecular weight is 242 g/mol. The zero-order valence-electron chi connectivity index (χ0n) is 8.33. The molecule has 0 bridgehead atoms. The number of hydrogen-bond donors (Lipinski definition) is 2. The summed E-state index contributed by atoms with van der Waals surface area (Å²) in [6.45, 7) is 2.09. The van der Waals surface area contributed by atoms with Gasteiger partial charge in [0.2, 0.25) is 0 Å². The molecule has 2 rings (SSSR count). The number of thioether (sulfide) groups is 1. The third-order valence-electron chi connectivity index (χ3n) is 2.37. The van der Waals surface area contributed by atoms with Crippen LogP contribution in [-0.4, -0.2) is 17.0 Å². The standard InChI is InChI=1S/C10H12ClN3S/c1-6-5-15-10(13)14(6)9-3-2-7(11)4-8(9)12/h2-4,6,13H,5,12H2,1H3. The van der Waals surface area contributed by atoms with Gasteiger partial charge in [-0.3, -0.25) is 5.41 Å². The molecule has 0 radical (unpaired) electrons. The van der Waals surface area contributed by atoms with Gasteiger partial charge < -0.3 is 10.6 Å². The first-order valence-corrected chi connectivity index (χ1v) is 6.01. The van der Waals surface area contributed by atoms with E-state index in [4.69, 9.17) is 22.7 Å². The van der Waals surface area contributed by atoms with Crippen molar-refractivity contribution in [2.75, 3.05) is 16.4 Å². The molecule has 1 heterocycles. The molecule has 1 atom stereocenters. The van der Waals surface area contributed by atoms with E-state index < -0.39 is 0 Å². The lowest BCUT2D eigenvalue weighted by Crippen LogP contribution is -2.31. The van der Waals surface area contributed by atoms with Crippen LogP contribution in [0.15, 0.2) is 18.2 Å².